The van der Waals surface area contributed by atoms with Crippen molar-refractivity contribution in [1.82, 2.24) is 0 Å². The molecule has 1 heterocycles. The number of unbranched alkanes of at least 4 members (excludes halogenated alkanes) is 7. The van der Waals surface area contributed by atoms with Crippen LogP contribution in [0.2, 0.25) is 0 Å². The monoisotopic (exact) mass is 482 g/mol. The number of hydrogen-bond donors (Lipinski definition) is 0. The molecule has 0 spiro atoms. The van der Waals surface area contributed by atoms with Crippen LogP contribution < -0.4 is 10.6 Å². The van der Waals surface area contributed by atoms with Crippen LogP contribution in [0.4, 0.5) is 0 Å². The summed E-state index contributed by atoms with van der Waals surface area (Å²) in [5, 5.41) is 1.94. The lowest BCUT2D eigenvalue weighted by Crippen LogP contribution is -2.22. The molecule has 3 rings (SSSR count). The van der Waals surface area contributed by atoms with E-state index >= 15 is 0 Å². The Morgan fingerprint density at radius 1 is 0.765 bits per heavy atom. The lowest BCUT2D eigenvalue weighted by atomic mass is 10.1. The lowest BCUT2D eigenvalue weighted by Gasteiger charge is -2.22. The molecule has 0 amide bonds. The van der Waals surface area contributed by atoms with E-state index in [2.05, 4.69) is 12.2 Å². The second-order valence-electron chi connectivity index (χ2n) is 9.32. The van der Waals surface area contributed by atoms with Gasteiger partial charge in [0.25, 0.3) is 0 Å². The van der Waals surface area contributed by atoms with Crippen molar-refractivity contribution in [3.63, 3.8) is 0 Å². The van der Waals surface area contributed by atoms with Crippen LogP contribution in [0.3, 0.4) is 0 Å². The zero-order valence-electron chi connectivity index (χ0n) is 20.8. The van der Waals surface area contributed by atoms with Gasteiger partial charge >= 0.3 is 0 Å². The fourth-order valence-corrected chi connectivity index (χ4v) is 7.29. The highest BCUT2D eigenvalue weighted by Crippen LogP contribution is 2.44. The molecule has 1 saturated heterocycles. The zero-order valence-corrected chi connectivity index (χ0v) is 21.7. The van der Waals surface area contributed by atoms with Crippen molar-refractivity contribution in [3.8, 4) is 0 Å². The molecule has 2 aromatic carbocycles. The summed E-state index contributed by atoms with van der Waals surface area (Å²) in [7, 11) is -2.56. The summed E-state index contributed by atoms with van der Waals surface area (Å²) in [6.07, 6.45) is 19.5. The molecule has 0 aromatic heterocycles. The van der Waals surface area contributed by atoms with Crippen LogP contribution >= 0.6 is 7.14 Å². The molecule has 0 saturated carbocycles. The number of allylic oxidation sites excluding steroid dienone is 2. The van der Waals surface area contributed by atoms with Crippen molar-refractivity contribution in [3.05, 3.63) is 72.8 Å². The number of ether oxygens (including phenoxy) is 2. The largest absolute Gasteiger partial charge is 0.353 e. The van der Waals surface area contributed by atoms with Gasteiger partial charge in [-0.25, -0.2) is 0 Å². The van der Waals surface area contributed by atoms with Gasteiger partial charge in [-0.15, -0.1) is 0 Å². The van der Waals surface area contributed by atoms with E-state index in [1.807, 2.05) is 60.7 Å². The molecular formula is C30H43O3P. The predicted octanol–water partition coefficient (Wildman–Crippen LogP) is 7.61. The normalized spacial score (nSPS) is 16.8. The molecule has 1 aliphatic heterocycles. The first-order valence-electron chi connectivity index (χ1n) is 13.4. The standard InChI is InChI=1S/C30H43O3P/c31-34(28-20-12-10-13-21-28,29-22-14-11-15-23-29)27-19-9-7-5-3-1-2-4-6-8-17-25-32-30-24-16-18-26-33-30/h5,7,10-15,20-23,30H,1-4,6,8-9,16-19,24-27H2/b7-5-. The van der Waals surface area contributed by atoms with Crippen LogP contribution in [0.25, 0.3) is 0 Å². The van der Waals surface area contributed by atoms with Gasteiger partial charge in [0.1, 0.15) is 7.14 Å². The third-order valence-corrected chi connectivity index (χ3v) is 9.77. The Labute approximate surface area is 207 Å². The summed E-state index contributed by atoms with van der Waals surface area (Å²) in [4.78, 5) is 0. The van der Waals surface area contributed by atoms with E-state index in [4.69, 9.17) is 9.47 Å². The van der Waals surface area contributed by atoms with Crippen molar-refractivity contribution in [2.24, 2.45) is 0 Å². The predicted molar refractivity (Wildman–Crippen MR) is 145 cm³/mol. The SMILES string of the molecule is O=P(CCC/C=C\CCCCCCCCOC1CCCCO1)(c1ccccc1)c1ccccc1. The lowest BCUT2D eigenvalue weighted by molar-refractivity contribution is -0.162. The molecular weight excluding hydrogens is 439 g/mol. The molecule has 1 unspecified atom stereocenters. The number of hydrogen-bond acceptors (Lipinski definition) is 3. The van der Waals surface area contributed by atoms with Gasteiger partial charge in [0, 0.05) is 30.0 Å². The second-order valence-corrected chi connectivity index (χ2v) is 12.3. The van der Waals surface area contributed by atoms with Crippen molar-refractivity contribution in [1.29, 1.82) is 0 Å². The Hall–Kier alpha value is -1.67. The Morgan fingerprint density at radius 3 is 1.97 bits per heavy atom. The molecule has 1 atom stereocenters. The summed E-state index contributed by atoms with van der Waals surface area (Å²) in [6.45, 7) is 1.70. The molecule has 34 heavy (non-hydrogen) atoms. The van der Waals surface area contributed by atoms with Gasteiger partial charge in [-0.2, -0.15) is 0 Å². The van der Waals surface area contributed by atoms with Crippen LogP contribution in [0.15, 0.2) is 72.8 Å². The summed E-state index contributed by atoms with van der Waals surface area (Å²) >= 11 is 0. The Balaban J connectivity index is 1.23. The summed E-state index contributed by atoms with van der Waals surface area (Å²) in [5.74, 6) is 0. The number of benzene rings is 2. The van der Waals surface area contributed by atoms with Crippen LogP contribution in [0.5, 0.6) is 0 Å². The highest BCUT2D eigenvalue weighted by atomic mass is 31.2. The Kier molecular flexibility index (Phi) is 12.7. The second kappa shape index (κ2) is 16.1. The van der Waals surface area contributed by atoms with E-state index in [0.29, 0.717) is 0 Å². The van der Waals surface area contributed by atoms with Crippen molar-refractivity contribution in [2.45, 2.75) is 83.3 Å². The van der Waals surface area contributed by atoms with Gasteiger partial charge in [-0.05, 0) is 51.4 Å². The summed E-state index contributed by atoms with van der Waals surface area (Å²) in [6, 6.07) is 20.0. The fourth-order valence-electron chi connectivity index (χ4n) is 4.54. The smallest absolute Gasteiger partial charge is 0.157 e. The van der Waals surface area contributed by atoms with Gasteiger partial charge in [-0.1, -0.05) is 98.5 Å². The van der Waals surface area contributed by atoms with Crippen molar-refractivity contribution in [2.75, 3.05) is 19.4 Å². The summed E-state index contributed by atoms with van der Waals surface area (Å²) < 4.78 is 25.4. The Bertz CT molecular complexity index is 800. The first-order chi connectivity index (χ1) is 16.8. The average Bonchev–Trinajstić information content (AvgIpc) is 2.90. The van der Waals surface area contributed by atoms with Crippen molar-refractivity contribution < 1.29 is 14.0 Å². The van der Waals surface area contributed by atoms with Crippen LogP contribution in [0, 0.1) is 0 Å². The molecule has 4 heteroatoms. The highest BCUT2D eigenvalue weighted by Gasteiger charge is 2.26. The van der Waals surface area contributed by atoms with Crippen molar-refractivity contribution >= 4 is 17.8 Å². The van der Waals surface area contributed by atoms with E-state index in [-0.39, 0.29) is 6.29 Å². The molecule has 0 bridgehead atoms. The molecule has 0 radical (unpaired) electrons. The van der Waals surface area contributed by atoms with E-state index in [1.54, 1.807) is 0 Å². The molecule has 0 aliphatic carbocycles. The first-order valence-corrected chi connectivity index (χ1v) is 15.3. The first kappa shape index (κ1) is 26.9. The molecule has 1 fully saturated rings. The van der Waals surface area contributed by atoms with Gasteiger partial charge in [0.05, 0.1) is 0 Å². The van der Waals surface area contributed by atoms with Gasteiger partial charge in [0.15, 0.2) is 6.29 Å². The van der Waals surface area contributed by atoms with Gasteiger partial charge in [-0.3, -0.25) is 0 Å². The molecule has 1 aliphatic rings. The highest BCUT2D eigenvalue weighted by molar-refractivity contribution is 7.78. The minimum Gasteiger partial charge on any atom is -0.353 e. The third kappa shape index (κ3) is 9.53. The maximum Gasteiger partial charge on any atom is 0.157 e. The van der Waals surface area contributed by atoms with E-state index < -0.39 is 7.14 Å². The molecule has 186 valence electrons. The van der Waals surface area contributed by atoms with E-state index in [0.717, 1.165) is 62.1 Å². The molecule has 3 nitrogen and oxygen atoms in total. The van der Waals surface area contributed by atoms with Crippen LogP contribution in [-0.4, -0.2) is 25.7 Å². The number of rotatable bonds is 16. The van der Waals surface area contributed by atoms with Gasteiger partial charge < -0.3 is 14.0 Å². The zero-order chi connectivity index (χ0) is 23.7. The molecule has 0 N–H and O–H groups in total. The van der Waals surface area contributed by atoms with Gasteiger partial charge in [0.2, 0.25) is 0 Å². The Morgan fingerprint density at radius 2 is 1.35 bits per heavy atom. The summed E-state index contributed by atoms with van der Waals surface area (Å²) in [5.41, 5.74) is 0. The quantitative estimate of drug-likeness (QED) is 0.140. The maximum absolute atomic E-state index is 14.0. The minimum absolute atomic E-state index is 0.0594. The topological polar surface area (TPSA) is 35.5 Å². The third-order valence-electron chi connectivity index (χ3n) is 6.56. The maximum atomic E-state index is 14.0. The average molecular weight is 483 g/mol. The van der Waals surface area contributed by atoms with E-state index in [9.17, 15) is 4.57 Å². The minimum atomic E-state index is -2.56. The van der Waals surface area contributed by atoms with Crippen LogP contribution in [0.1, 0.15) is 77.0 Å². The van der Waals surface area contributed by atoms with Crippen LogP contribution in [-0.2, 0) is 14.0 Å². The fraction of sp³-hybridized carbons (Fsp3) is 0.533. The molecule has 2 aromatic rings. The van der Waals surface area contributed by atoms with E-state index in [1.165, 1.54) is 44.9 Å².